The molecule has 4 nitrogen and oxygen atoms in total. The first-order valence-electron chi connectivity index (χ1n) is 11.1. The van der Waals surface area contributed by atoms with E-state index in [-0.39, 0.29) is 24.6 Å². The smallest absolute Gasteiger partial charge is 0.219 e. The van der Waals surface area contributed by atoms with E-state index in [0.717, 1.165) is 11.1 Å². The molecule has 0 N–H and O–H groups in total. The van der Waals surface area contributed by atoms with E-state index in [1.807, 2.05) is 42.5 Å². The first kappa shape index (κ1) is 24.3. The van der Waals surface area contributed by atoms with Crippen LogP contribution in [-0.4, -0.2) is 30.0 Å². The number of nitrogens with zero attached hydrogens (tertiary/aromatic N) is 1. The minimum absolute atomic E-state index is 0.0987. The monoisotopic (exact) mass is 485 g/mol. The molecule has 0 spiro atoms. The van der Waals surface area contributed by atoms with Gasteiger partial charge in [0.2, 0.25) is 5.91 Å². The lowest BCUT2D eigenvalue weighted by molar-refractivity contribution is -0.195. The maximum absolute atomic E-state index is 14.3. The van der Waals surface area contributed by atoms with Crippen LogP contribution in [0.25, 0.3) is 0 Å². The third-order valence-corrected chi connectivity index (χ3v) is 6.52. The molecule has 34 heavy (non-hydrogen) atoms. The second-order valence-corrected chi connectivity index (χ2v) is 8.82. The zero-order valence-corrected chi connectivity index (χ0v) is 19.6. The van der Waals surface area contributed by atoms with Crippen molar-refractivity contribution in [2.75, 3.05) is 13.1 Å². The van der Waals surface area contributed by atoms with E-state index in [1.165, 1.54) is 25.1 Å². The van der Waals surface area contributed by atoms with Crippen LogP contribution in [0.2, 0.25) is 5.02 Å². The molecule has 1 saturated heterocycles. The summed E-state index contributed by atoms with van der Waals surface area (Å²) in [5.41, 5.74) is 0.697. The van der Waals surface area contributed by atoms with Crippen molar-refractivity contribution in [3.63, 3.8) is 0 Å². The fourth-order valence-electron chi connectivity index (χ4n) is 4.33. The van der Waals surface area contributed by atoms with E-state index in [4.69, 9.17) is 21.1 Å². The summed E-state index contributed by atoms with van der Waals surface area (Å²) in [6.07, 6.45) is -0.222. The van der Waals surface area contributed by atoms with Crippen LogP contribution >= 0.6 is 11.6 Å². The van der Waals surface area contributed by atoms with Gasteiger partial charge in [0.15, 0.2) is 0 Å². The van der Waals surface area contributed by atoms with Crippen LogP contribution in [0.5, 0.6) is 0 Å². The predicted octanol–water partition coefficient (Wildman–Crippen LogP) is 5.87. The lowest BCUT2D eigenvalue weighted by Crippen LogP contribution is -2.56. The summed E-state index contributed by atoms with van der Waals surface area (Å²) >= 11 is 6.14. The first-order valence-corrected chi connectivity index (χ1v) is 11.5. The predicted molar refractivity (Wildman–Crippen MR) is 126 cm³/mol. The summed E-state index contributed by atoms with van der Waals surface area (Å²) in [5.74, 6) is -1.46. The Morgan fingerprint density at radius 1 is 1.00 bits per heavy atom. The average molecular weight is 486 g/mol. The van der Waals surface area contributed by atoms with Gasteiger partial charge < -0.3 is 14.4 Å². The summed E-state index contributed by atoms with van der Waals surface area (Å²) in [4.78, 5) is 13.9. The van der Waals surface area contributed by atoms with Crippen LogP contribution in [0.1, 0.15) is 30.0 Å². The normalized spacial score (nSPS) is 20.4. The van der Waals surface area contributed by atoms with Crippen LogP contribution in [0.3, 0.4) is 0 Å². The molecule has 3 aromatic rings. The van der Waals surface area contributed by atoms with Gasteiger partial charge in [-0.3, -0.25) is 4.79 Å². The lowest BCUT2D eigenvalue weighted by Gasteiger charge is -2.47. The Hall–Kier alpha value is -2.80. The Kier molecular flexibility index (Phi) is 7.61. The Morgan fingerprint density at radius 3 is 2.32 bits per heavy atom. The van der Waals surface area contributed by atoms with Crippen molar-refractivity contribution in [1.82, 2.24) is 4.90 Å². The van der Waals surface area contributed by atoms with Crippen molar-refractivity contribution in [2.24, 2.45) is 0 Å². The number of amides is 1. The molecule has 1 aliphatic rings. The quantitative estimate of drug-likeness (QED) is 0.420. The van der Waals surface area contributed by atoms with Gasteiger partial charge in [0, 0.05) is 30.5 Å². The molecule has 178 valence electrons. The summed E-state index contributed by atoms with van der Waals surface area (Å²) in [5, 5.41) is 0.578. The number of carbonyl (C=O) groups excluding carboxylic acids is 1. The van der Waals surface area contributed by atoms with Gasteiger partial charge in [0.1, 0.15) is 23.3 Å². The number of carbonyl (C=O) groups is 1. The number of halogens is 3. The van der Waals surface area contributed by atoms with E-state index in [9.17, 15) is 13.6 Å². The van der Waals surface area contributed by atoms with Gasteiger partial charge in [0.05, 0.1) is 19.8 Å². The number of benzene rings is 3. The molecule has 0 unspecified atom stereocenters. The number of hydrogen-bond acceptors (Lipinski definition) is 3. The molecular formula is C27H26ClF2NO3. The molecule has 0 aromatic heterocycles. The van der Waals surface area contributed by atoms with E-state index in [2.05, 4.69) is 0 Å². The molecule has 0 saturated carbocycles. The van der Waals surface area contributed by atoms with Crippen LogP contribution in [0.15, 0.2) is 72.8 Å². The molecule has 1 amide bonds. The fourth-order valence-corrected chi connectivity index (χ4v) is 4.45. The van der Waals surface area contributed by atoms with Crippen molar-refractivity contribution in [1.29, 1.82) is 0 Å². The Morgan fingerprint density at radius 2 is 1.68 bits per heavy atom. The van der Waals surface area contributed by atoms with Crippen molar-refractivity contribution in [3.05, 3.63) is 106 Å². The largest absolute Gasteiger partial charge is 0.368 e. The molecule has 0 aliphatic carbocycles. The van der Waals surface area contributed by atoms with Crippen molar-refractivity contribution >= 4 is 17.5 Å². The lowest BCUT2D eigenvalue weighted by atomic mass is 9.81. The first-order chi connectivity index (χ1) is 16.4. The SMILES string of the molecule is CC(=O)N1CC[C@@](OCc2ccccc2)(c2ccc(Cl)cc2)[C@@H](OCc2c(F)cccc2F)C1. The van der Waals surface area contributed by atoms with Gasteiger partial charge in [-0.1, -0.05) is 60.1 Å². The third-order valence-electron chi connectivity index (χ3n) is 6.27. The Bertz CT molecular complexity index is 1110. The maximum Gasteiger partial charge on any atom is 0.219 e. The van der Waals surface area contributed by atoms with Gasteiger partial charge in [-0.25, -0.2) is 8.78 Å². The number of likely N-dealkylation sites (tertiary alicyclic amines) is 1. The highest BCUT2D eigenvalue weighted by molar-refractivity contribution is 6.30. The molecule has 4 rings (SSSR count). The highest BCUT2D eigenvalue weighted by Gasteiger charge is 2.47. The van der Waals surface area contributed by atoms with Gasteiger partial charge in [-0.2, -0.15) is 0 Å². The second kappa shape index (κ2) is 10.6. The molecule has 0 radical (unpaired) electrons. The van der Waals surface area contributed by atoms with E-state index >= 15 is 0 Å². The second-order valence-electron chi connectivity index (χ2n) is 8.39. The Balaban J connectivity index is 1.70. The molecule has 7 heteroatoms. The molecular weight excluding hydrogens is 460 g/mol. The highest BCUT2D eigenvalue weighted by Crippen LogP contribution is 2.40. The van der Waals surface area contributed by atoms with Crippen LogP contribution in [-0.2, 0) is 33.1 Å². The number of ether oxygens (including phenoxy) is 2. The van der Waals surface area contributed by atoms with Gasteiger partial charge in [-0.05, 0) is 35.4 Å². The molecule has 1 heterocycles. The van der Waals surface area contributed by atoms with Crippen LogP contribution < -0.4 is 0 Å². The topological polar surface area (TPSA) is 38.8 Å². The van der Waals surface area contributed by atoms with Gasteiger partial charge in [0.25, 0.3) is 0 Å². The molecule has 0 bridgehead atoms. The van der Waals surface area contributed by atoms with E-state index < -0.39 is 23.3 Å². The maximum atomic E-state index is 14.3. The summed E-state index contributed by atoms with van der Waals surface area (Å²) in [6, 6.07) is 20.7. The number of piperidine rings is 1. The van der Waals surface area contributed by atoms with E-state index in [1.54, 1.807) is 17.0 Å². The third kappa shape index (κ3) is 5.30. The standard InChI is InChI=1S/C27H26ClF2NO3/c1-19(32)31-15-14-27(21-10-12-22(28)13-11-21,34-17-20-6-3-2-4-7-20)26(16-31)33-18-23-24(29)8-5-9-25(23)30/h2-13,26H,14-18H2,1H3/t26-,27+/m0/s1. The summed E-state index contributed by atoms with van der Waals surface area (Å²) in [7, 11) is 0. The minimum Gasteiger partial charge on any atom is -0.368 e. The molecule has 2 atom stereocenters. The summed E-state index contributed by atoms with van der Waals surface area (Å²) in [6.45, 7) is 2.19. The van der Waals surface area contributed by atoms with Gasteiger partial charge >= 0.3 is 0 Å². The zero-order valence-electron chi connectivity index (χ0n) is 18.8. The summed E-state index contributed by atoms with van der Waals surface area (Å²) < 4.78 is 41.4. The van der Waals surface area contributed by atoms with E-state index in [0.29, 0.717) is 24.6 Å². The van der Waals surface area contributed by atoms with Crippen LogP contribution in [0.4, 0.5) is 8.78 Å². The Labute approximate surface area is 203 Å². The molecule has 3 aromatic carbocycles. The minimum atomic E-state index is -0.950. The fraction of sp³-hybridized carbons (Fsp3) is 0.296. The van der Waals surface area contributed by atoms with Gasteiger partial charge in [-0.15, -0.1) is 0 Å². The van der Waals surface area contributed by atoms with Crippen molar-refractivity contribution < 1.29 is 23.0 Å². The zero-order chi connectivity index (χ0) is 24.1. The van der Waals surface area contributed by atoms with Crippen LogP contribution in [0, 0.1) is 11.6 Å². The van der Waals surface area contributed by atoms with Crippen molar-refractivity contribution in [2.45, 2.75) is 38.3 Å². The van der Waals surface area contributed by atoms with Crippen molar-refractivity contribution in [3.8, 4) is 0 Å². The number of rotatable bonds is 7. The molecule has 1 aliphatic heterocycles. The average Bonchev–Trinajstić information content (AvgIpc) is 2.84. The molecule has 1 fully saturated rings. The number of hydrogen-bond donors (Lipinski definition) is 0. The highest BCUT2D eigenvalue weighted by atomic mass is 35.5.